The summed E-state index contributed by atoms with van der Waals surface area (Å²) in [7, 11) is -4.40. The van der Waals surface area contributed by atoms with Crippen LogP contribution in [0.1, 0.15) is 43.4 Å². The van der Waals surface area contributed by atoms with E-state index < -0.39 is 7.82 Å². The molecular formula is C12H19O4P. The molecule has 2 N–H and O–H groups in total. The van der Waals surface area contributed by atoms with Gasteiger partial charge in [0.1, 0.15) is 0 Å². The minimum atomic E-state index is -4.40. The van der Waals surface area contributed by atoms with Crippen LogP contribution in [0.15, 0.2) is 18.2 Å². The van der Waals surface area contributed by atoms with Crippen molar-refractivity contribution in [3.8, 4) is 0 Å². The molecule has 96 valence electrons. The van der Waals surface area contributed by atoms with Gasteiger partial charge in [-0.2, -0.15) is 0 Å². The topological polar surface area (TPSA) is 66.8 Å². The van der Waals surface area contributed by atoms with E-state index in [1.807, 2.05) is 25.1 Å². The molecule has 17 heavy (non-hydrogen) atoms. The van der Waals surface area contributed by atoms with E-state index in [-0.39, 0.29) is 6.61 Å². The molecular weight excluding hydrogens is 239 g/mol. The largest absolute Gasteiger partial charge is 0.469 e. The van der Waals surface area contributed by atoms with Crippen molar-refractivity contribution >= 4 is 7.82 Å². The molecule has 1 aromatic rings. The van der Waals surface area contributed by atoms with E-state index in [4.69, 9.17) is 9.79 Å². The van der Waals surface area contributed by atoms with Crippen molar-refractivity contribution in [1.29, 1.82) is 0 Å². The van der Waals surface area contributed by atoms with E-state index in [0.29, 0.717) is 5.92 Å². The van der Waals surface area contributed by atoms with E-state index in [1.165, 1.54) is 5.56 Å². The standard InChI is InChI=1S/C12H19O4P/c1-4-11-10(8-16-17(13,14)15)6-5-7-12(11)9(2)3/h5-7,9H,4,8H2,1-3H3,(H2,13,14,15). The highest BCUT2D eigenvalue weighted by Crippen LogP contribution is 2.37. The van der Waals surface area contributed by atoms with Crippen LogP contribution < -0.4 is 0 Å². The molecule has 0 bridgehead atoms. The second kappa shape index (κ2) is 5.78. The third-order valence-corrected chi connectivity index (χ3v) is 3.14. The van der Waals surface area contributed by atoms with Crippen molar-refractivity contribution in [3.63, 3.8) is 0 Å². The van der Waals surface area contributed by atoms with Gasteiger partial charge in [-0.15, -0.1) is 0 Å². The summed E-state index contributed by atoms with van der Waals surface area (Å²) >= 11 is 0. The summed E-state index contributed by atoms with van der Waals surface area (Å²) in [5.41, 5.74) is 3.18. The number of phosphoric ester groups is 1. The normalized spacial score (nSPS) is 12.1. The van der Waals surface area contributed by atoms with Crippen molar-refractivity contribution in [2.45, 2.75) is 39.7 Å². The number of hydrogen-bond acceptors (Lipinski definition) is 2. The number of phosphoric acid groups is 1. The first-order valence-corrected chi connectivity index (χ1v) is 7.19. The number of rotatable bonds is 5. The van der Waals surface area contributed by atoms with Crippen molar-refractivity contribution in [2.75, 3.05) is 0 Å². The summed E-state index contributed by atoms with van der Waals surface area (Å²) in [5, 5.41) is 0. The second-order valence-corrected chi connectivity index (χ2v) is 5.50. The zero-order valence-corrected chi connectivity index (χ0v) is 11.3. The van der Waals surface area contributed by atoms with Crippen LogP contribution in [-0.4, -0.2) is 9.79 Å². The zero-order valence-electron chi connectivity index (χ0n) is 10.4. The summed E-state index contributed by atoms with van der Waals surface area (Å²) in [6.07, 6.45) is 0.828. The highest BCUT2D eigenvalue weighted by Gasteiger charge is 2.16. The highest BCUT2D eigenvalue weighted by atomic mass is 31.2. The van der Waals surface area contributed by atoms with Gasteiger partial charge in [0.2, 0.25) is 0 Å². The Labute approximate surface area is 102 Å². The lowest BCUT2D eigenvalue weighted by atomic mass is 9.92. The Morgan fingerprint density at radius 1 is 1.35 bits per heavy atom. The van der Waals surface area contributed by atoms with Crippen molar-refractivity contribution in [2.24, 2.45) is 0 Å². The molecule has 0 aliphatic carbocycles. The number of benzene rings is 1. The fraction of sp³-hybridized carbons (Fsp3) is 0.500. The Balaban J connectivity index is 2.99. The first-order valence-electron chi connectivity index (χ1n) is 5.66. The van der Waals surface area contributed by atoms with E-state index in [9.17, 15) is 4.57 Å². The van der Waals surface area contributed by atoms with Gasteiger partial charge in [-0.3, -0.25) is 4.52 Å². The number of hydrogen-bond donors (Lipinski definition) is 2. The predicted molar refractivity (Wildman–Crippen MR) is 66.7 cm³/mol. The first-order chi connectivity index (χ1) is 7.85. The molecule has 1 rings (SSSR count). The van der Waals surface area contributed by atoms with Gasteiger partial charge >= 0.3 is 7.82 Å². The van der Waals surface area contributed by atoms with E-state index in [0.717, 1.165) is 17.5 Å². The van der Waals surface area contributed by atoms with Gasteiger partial charge in [-0.05, 0) is 29.0 Å². The van der Waals surface area contributed by atoms with Crippen LogP contribution in [0.3, 0.4) is 0 Å². The van der Waals surface area contributed by atoms with E-state index in [1.54, 1.807) is 0 Å². The van der Waals surface area contributed by atoms with Gasteiger partial charge in [0, 0.05) is 0 Å². The van der Waals surface area contributed by atoms with Gasteiger partial charge in [-0.1, -0.05) is 39.0 Å². The lowest BCUT2D eigenvalue weighted by Crippen LogP contribution is -2.02. The molecule has 0 atom stereocenters. The Morgan fingerprint density at radius 2 is 2.00 bits per heavy atom. The molecule has 0 fully saturated rings. The summed E-state index contributed by atoms with van der Waals surface area (Å²) in [6, 6.07) is 5.79. The lowest BCUT2D eigenvalue weighted by molar-refractivity contribution is 0.188. The minimum Gasteiger partial charge on any atom is -0.303 e. The van der Waals surface area contributed by atoms with Crippen molar-refractivity contribution < 1.29 is 18.9 Å². The third-order valence-electron chi connectivity index (χ3n) is 2.67. The zero-order chi connectivity index (χ0) is 13.1. The van der Waals surface area contributed by atoms with Crippen LogP contribution in [0.4, 0.5) is 0 Å². The fourth-order valence-corrected chi connectivity index (χ4v) is 2.22. The molecule has 0 radical (unpaired) electrons. The second-order valence-electron chi connectivity index (χ2n) is 4.26. The maximum Gasteiger partial charge on any atom is 0.469 e. The van der Waals surface area contributed by atoms with Gasteiger partial charge in [0.05, 0.1) is 6.61 Å². The molecule has 5 heteroatoms. The predicted octanol–water partition coefficient (Wildman–Crippen LogP) is 2.98. The molecule has 0 saturated carbocycles. The van der Waals surface area contributed by atoms with Crippen molar-refractivity contribution in [3.05, 3.63) is 34.9 Å². The van der Waals surface area contributed by atoms with Gasteiger partial charge in [-0.25, -0.2) is 4.57 Å². The SMILES string of the molecule is CCc1c(COP(=O)(O)O)cccc1C(C)C. The van der Waals surface area contributed by atoms with Crippen LogP contribution in [0.5, 0.6) is 0 Å². The maximum atomic E-state index is 10.7. The smallest absolute Gasteiger partial charge is 0.303 e. The lowest BCUT2D eigenvalue weighted by Gasteiger charge is -2.16. The van der Waals surface area contributed by atoms with Crippen LogP contribution in [0.25, 0.3) is 0 Å². The Hall–Kier alpha value is -0.670. The maximum absolute atomic E-state index is 10.7. The minimum absolute atomic E-state index is 0.0476. The quantitative estimate of drug-likeness (QED) is 0.797. The van der Waals surface area contributed by atoms with Crippen LogP contribution in [0, 0.1) is 0 Å². The molecule has 0 spiro atoms. The van der Waals surface area contributed by atoms with E-state index >= 15 is 0 Å². The molecule has 0 amide bonds. The molecule has 0 unspecified atom stereocenters. The van der Waals surface area contributed by atoms with Crippen LogP contribution >= 0.6 is 7.82 Å². The highest BCUT2D eigenvalue weighted by molar-refractivity contribution is 7.46. The Kier molecular flexibility index (Phi) is 4.90. The summed E-state index contributed by atoms with van der Waals surface area (Å²) in [5.74, 6) is 0.389. The van der Waals surface area contributed by atoms with Gasteiger partial charge in [0.25, 0.3) is 0 Å². The molecule has 0 heterocycles. The Morgan fingerprint density at radius 3 is 2.47 bits per heavy atom. The van der Waals surface area contributed by atoms with Gasteiger partial charge in [0.15, 0.2) is 0 Å². The summed E-state index contributed by atoms with van der Waals surface area (Å²) in [4.78, 5) is 17.4. The molecule has 4 nitrogen and oxygen atoms in total. The summed E-state index contributed by atoms with van der Waals surface area (Å²) < 4.78 is 15.3. The van der Waals surface area contributed by atoms with Crippen molar-refractivity contribution in [1.82, 2.24) is 0 Å². The fourth-order valence-electron chi connectivity index (χ4n) is 1.92. The molecule has 0 aliphatic rings. The third kappa shape index (κ3) is 4.25. The van der Waals surface area contributed by atoms with Crippen LogP contribution in [-0.2, 0) is 22.1 Å². The first kappa shape index (κ1) is 14.4. The molecule has 0 aromatic heterocycles. The monoisotopic (exact) mass is 258 g/mol. The average molecular weight is 258 g/mol. The van der Waals surface area contributed by atoms with Crippen LogP contribution in [0.2, 0.25) is 0 Å². The Bertz CT molecular complexity index is 423. The molecule has 0 saturated heterocycles. The molecule has 0 aliphatic heterocycles. The molecule has 1 aromatic carbocycles. The summed E-state index contributed by atoms with van der Waals surface area (Å²) in [6.45, 7) is 6.18. The van der Waals surface area contributed by atoms with E-state index in [2.05, 4.69) is 18.4 Å². The average Bonchev–Trinajstić information content (AvgIpc) is 2.24. The van der Waals surface area contributed by atoms with Gasteiger partial charge < -0.3 is 9.79 Å².